The van der Waals surface area contributed by atoms with Crippen LogP contribution < -0.4 is 10.0 Å². The maximum absolute atomic E-state index is 12.5. The third-order valence-corrected chi connectivity index (χ3v) is 6.14. The average Bonchev–Trinajstić information content (AvgIpc) is 3.13. The molecule has 3 aromatic rings. The molecule has 0 spiro atoms. The van der Waals surface area contributed by atoms with E-state index >= 15 is 0 Å². The molecule has 10 nitrogen and oxygen atoms in total. The van der Waals surface area contributed by atoms with E-state index in [0.717, 1.165) is 6.07 Å². The van der Waals surface area contributed by atoms with Crippen molar-refractivity contribution in [2.24, 2.45) is 0 Å². The average molecular weight is 419 g/mol. The van der Waals surface area contributed by atoms with Gasteiger partial charge in [0.25, 0.3) is 26.0 Å². The summed E-state index contributed by atoms with van der Waals surface area (Å²) in [5.41, 5.74) is 0.680. The largest absolute Gasteiger partial charge is 0.296 e. The van der Waals surface area contributed by atoms with Crippen LogP contribution in [0.3, 0.4) is 0 Å². The van der Waals surface area contributed by atoms with E-state index in [-0.39, 0.29) is 20.8 Å². The minimum atomic E-state index is -4.14. The lowest BCUT2D eigenvalue weighted by Gasteiger charge is -2.08. The van der Waals surface area contributed by atoms with Gasteiger partial charge in [-0.05, 0) is 24.6 Å². The van der Waals surface area contributed by atoms with Gasteiger partial charge in [0.1, 0.15) is 0 Å². The molecule has 0 radical (unpaired) electrons. The number of benzene rings is 2. The van der Waals surface area contributed by atoms with Gasteiger partial charge >= 0.3 is 0 Å². The molecule has 1 heterocycles. The number of hydrogen-bond acceptors (Lipinski definition) is 8. The molecule has 0 saturated carbocycles. The SMILES string of the molecule is Cc1ccc([N+](=O)[O-])cc1NS(=O)(=O)c1nnc(NC(=O)c2ccccc2)s1. The first-order valence-electron chi connectivity index (χ1n) is 7.74. The van der Waals surface area contributed by atoms with Crippen molar-refractivity contribution in [3.63, 3.8) is 0 Å². The molecule has 0 fully saturated rings. The topological polar surface area (TPSA) is 144 Å². The third-order valence-electron chi connectivity index (χ3n) is 3.57. The van der Waals surface area contributed by atoms with E-state index in [1.807, 2.05) is 0 Å². The maximum atomic E-state index is 12.5. The summed E-state index contributed by atoms with van der Waals surface area (Å²) in [7, 11) is -4.14. The van der Waals surface area contributed by atoms with Gasteiger partial charge in [-0.25, -0.2) is 0 Å². The smallest absolute Gasteiger partial charge is 0.291 e. The predicted octanol–water partition coefficient (Wildman–Crippen LogP) is 2.81. The van der Waals surface area contributed by atoms with Crippen LogP contribution in [0.25, 0.3) is 0 Å². The Hall–Kier alpha value is -3.38. The number of carbonyl (C=O) groups excluding carboxylic acids is 1. The van der Waals surface area contributed by atoms with Gasteiger partial charge < -0.3 is 0 Å². The molecule has 144 valence electrons. The Morgan fingerprint density at radius 3 is 2.54 bits per heavy atom. The van der Waals surface area contributed by atoms with Gasteiger partial charge in [-0.15, -0.1) is 10.2 Å². The maximum Gasteiger partial charge on any atom is 0.291 e. The van der Waals surface area contributed by atoms with Gasteiger partial charge in [-0.1, -0.05) is 35.6 Å². The zero-order valence-corrected chi connectivity index (χ0v) is 16.0. The number of nitro groups is 1. The Kier molecular flexibility index (Phi) is 5.33. The molecule has 0 unspecified atom stereocenters. The summed E-state index contributed by atoms with van der Waals surface area (Å²) >= 11 is 0.660. The molecule has 2 N–H and O–H groups in total. The molecule has 0 aliphatic carbocycles. The molecule has 12 heteroatoms. The molecule has 0 aliphatic heterocycles. The van der Waals surface area contributed by atoms with Crippen LogP contribution in [0, 0.1) is 17.0 Å². The van der Waals surface area contributed by atoms with Crippen molar-refractivity contribution >= 4 is 43.8 Å². The number of aromatic nitrogens is 2. The van der Waals surface area contributed by atoms with E-state index in [1.54, 1.807) is 37.3 Å². The summed E-state index contributed by atoms with van der Waals surface area (Å²) in [5, 5.41) is 20.6. The van der Waals surface area contributed by atoms with E-state index in [9.17, 15) is 23.3 Å². The zero-order valence-electron chi connectivity index (χ0n) is 14.3. The molecule has 3 rings (SSSR count). The highest BCUT2D eigenvalue weighted by Crippen LogP contribution is 2.27. The normalized spacial score (nSPS) is 11.0. The van der Waals surface area contributed by atoms with Crippen molar-refractivity contribution in [2.45, 2.75) is 11.3 Å². The summed E-state index contributed by atoms with van der Waals surface area (Å²) < 4.78 is 26.9. The van der Waals surface area contributed by atoms with Crippen molar-refractivity contribution in [2.75, 3.05) is 10.0 Å². The van der Waals surface area contributed by atoms with Gasteiger partial charge in [0, 0.05) is 17.7 Å². The fourth-order valence-electron chi connectivity index (χ4n) is 2.15. The molecule has 0 saturated heterocycles. The second kappa shape index (κ2) is 7.70. The minimum Gasteiger partial charge on any atom is -0.296 e. The number of non-ortho nitro benzene ring substituents is 1. The first kappa shape index (κ1) is 19.4. The number of hydrogen-bond donors (Lipinski definition) is 2. The third kappa shape index (κ3) is 4.29. The second-order valence-corrected chi connectivity index (χ2v) is 8.39. The lowest BCUT2D eigenvalue weighted by molar-refractivity contribution is -0.384. The predicted molar refractivity (Wildman–Crippen MR) is 103 cm³/mol. The molecule has 0 bridgehead atoms. The number of carbonyl (C=O) groups is 1. The lowest BCUT2D eigenvalue weighted by Crippen LogP contribution is -2.13. The highest BCUT2D eigenvalue weighted by molar-refractivity contribution is 7.94. The molecular formula is C16H13N5O5S2. The lowest BCUT2D eigenvalue weighted by atomic mass is 10.2. The molecule has 1 aromatic heterocycles. The highest BCUT2D eigenvalue weighted by atomic mass is 32.2. The highest BCUT2D eigenvalue weighted by Gasteiger charge is 2.23. The van der Waals surface area contributed by atoms with E-state index in [4.69, 9.17) is 0 Å². The molecule has 2 aromatic carbocycles. The number of sulfonamides is 1. The van der Waals surface area contributed by atoms with Crippen LogP contribution in [0.15, 0.2) is 52.9 Å². The molecule has 0 atom stereocenters. The first-order chi connectivity index (χ1) is 13.3. The fourth-order valence-corrected chi connectivity index (χ4v) is 4.17. The standard InChI is InChI=1S/C16H13N5O5S2/c1-10-7-8-12(21(23)24)9-13(10)20-28(25,26)16-19-18-15(27-16)17-14(22)11-5-3-2-4-6-11/h2-9,20H,1H3,(H,17,18,22). The van der Waals surface area contributed by atoms with Crippen molar-refractivity contribution in [3.8, 4) is 0 Å². The van der Waals surface area contributed by atoms with E-state index in [0.29, 0.717) is 22.5 Å². The number of nitrogens with one attached hydrogen (secondary N) is 2. The van der Waals surface area contributed by atoms with E-state index in [2.05, 4.69) is 20.2 Å². The number of aryl methyl sites for hydroxylation is 1. The first-order valence-corrected chi connectivity index (χ1v) is 10.0. The Balaban J connectivity index is 1.79. The Labute approximate surface area is 163 Å². The van der Waals surface area contributed by atoms with Crippen molar-refractivity contribution in [1.29, 1.82) is 0 Å². The van der Waals surface area contributed by atoms with Gasteiger partial charge in [0.2, 0.25) is 5.13 Å². The van der Waals surface area contributed by atoms with Crippen LogP contribution in [0.4, 0.5) is 16.5 Å². The van der Waals surface area contributed by atoms with Gasteiger partial charge in [0.05, 0.1) is 10.6 Å². The fraction of sp³-hybridized carbons (Fsp3) is 0.0625. The summed E-state index contributed by atoms with van der Waals surface area (Å²) in [6, 6.07) is 12.2. The monoisotopic (exact) mass is 419 g/mol. The summed E-state index contributed by atoms with van der Waals surface area (Å²) in [6.07, 6.45) is 0. The number of rotatable bonds is 6. The number of nitro benzene ring substituents is 1. The van der Waals surface area contributed by atoms with E-state index < -0.39 is 20.9 Å². The van der Waals surface area contributed by atoms with Gasteiger partial charge in [-0.2, -0.15) is 8.42 Å². The molecule has 28 heavy (non-hydrogen) atoms. The van der Waals surface area contributed by atoms with Crippen LogP contribution in [0.2, 0.25) is 0 Å². The van der Waals surface area contributed by atoms with Crippen molar-refractivity contribution in [1.82, 2.24) is 10.2 Å². The quantitative estimate of drug-likeness (QED) is 0.355. The van der Waals surface area contributed by atoms with Crippen LogP contribution in [-0.4, -0.2) is 29.4 Å². The molecule has 1 amide bonds. The van der Waals surface area contributed by atoms with Gasteiger partial charge in [0.15, 0.2) is 0 Å². The minimum absolute atomic E-state index is 0.00462. The Morgan fingerprint density at radius 2 is 1.86 bits per heavy atom. The van der Waals surface area contributed by atoms with Crippen molar-refractivity contribution < 1.29 is 18.1 Å². The Morgan fingerprint density at radius 1 is 1.14 bits per heavy atom. The number of nitrogens with zero attached hydrogens (tertiary/aromatic N) is 3. The summed E-state index contributed by atoms with van der Waals surface area (Å²) in [4.78, 5) is 22.4. The zero-order chi connectivity index (χ0) is 20.3. The van der Waals surface area contributed by atoms with Crippen molar-refractivity contribution in [3.05, 3.63) is 69.8 Å². The molecular weight excluding hydrogens is 406 g/mol. The van der Waals surface area contributed by atoms with Crippen LogP contribution in [0.5, 0.6) is 0 Å². The number of amides is 1. The van der Waals surface area contributed by atoms with Gasteiger partial charge in [-0.3, -0.25) is 24.9 Å². The van der Waals surface area contributed by atoms with Crippen LogP contribution in [-0.2, 0) is 10.0 Å². The Bertz CT molecular complexity index is 1150. The number of anilines is 2. The van der Waals surface area contributed by atoms with Crippen LogP contribution >= 0.6 is 11.3 Å². The molecule has 0 aliphatic rings. The van der Waals surface area contributed by atoms with E-state index in [1.165, 1.54) is 12.1 Å². The summed E-state index contributed by atoms with van der Waals surface area (Å²) in [6.45, 7) is 1.60. The van der Waals surface area contributed by atoms with Crippen LogP contribution in [0.1, 0.15) is 15.9 Å². The summed E-state index contributed by atoms with van der Waals surface area (Å²) in [5.74, 6) is -0.455. The second-order valence-electron chi connectivity index (χ2n) is 5.56.